The SMILES string of the molecule is CC(NCC1(CCO)CC1)c1ccc2c(c1)OCCO2. The molecule has 1 unspecified atom stereocenters. The molecule has 20 heavy (non-hydrogen) atoms. The maximum absolute atomic E-state index is 9.10. The van der Waals surface area contributed by atoms with Crippen molar-refractivity contribution >= 4 is 0 Å². The number of nitrogens with one attached hydrogen (secondary N) is 1. The molecule has 3 rings (SSSR count). The van der Waals surface area contributed by atoms with Crippen LogP contribution in [0.3, 0.4) is 0 Å². The van der Waals surface area contributed by atoms with Crippen molar-refractivity contribution in [1.82, 2.24) is 5.32 Å². The monoisotopic (exact) mass is 277 g/mol. The Balaban J connectivity index is 1.61. The zero-order chi connectivity index (χ0) is 14.0. The summed E-state index contributed by atoms with van der Waals surface area (Å²) in [5.74, 6) is 1.69. The minimum Gasteiger partial charge on any atom is -0.486 e. The second-order valence-corrected chi connectivity index (χ2v) is 5.98. The van der Waals surface area contributed by atoms with Crippen molar-refractivity contribution in [1.29, 1.82) is 0 Å². The summed E-state index contributed by atoms with van der Waals surface area (Å²) in [6.45, 7) is 4.69. The molecule has 0 radical (unpaired) electrons. The molecule has 0 spiro atoms. The summed E-state index contributed by atoms with van der Waals surface area (Å²) >= 11 is 0. The molecular formula is C16H23NO3. The Kier molecular flexibility index (Phi) is 3.85. The Morgan fingerprint density at radius 2 is 2.00 bits per heavy atom. The lowest BCUT2D eigenvalue weighted by Gasteiger charge is -2.22. The standard InChI is InChI=1S/C16H23NO3/c1-12(17-11-16(4-5-16)6-7-18)13-2-3-14-15(10-13)20-9-8-19-14/h2-3,10,12,17-18H,4-9,11H2,1H3. The van der Waals surface area contributed by atoms with E-state index in [-0.39, 0.29) is 6.04 Å². The number of fused-ring (bicyclic) bond motifs is 1. The minimum absolute atomic E-state index is 0.280. The average molecular weight is 277 g/mol. The van der Waals surface area contributed by atoms with Crippen molar-refractivity contribution in [2.45, 2.75) is 32.2 Å². The molecule has 2 aliphatic rings. The first-order valence-corrected chi connectivity index (χ1v) is 7.46. The predicted octanol–water partition coefficient (Wildman–Crippen LogP) is 2.27. The average Bonchev–Trinajstić information content (AvgIpc) is 3.25. The molecule has 2 N–H and O–H groups in total. The van der Waals surface area contributed by atoms with Crippen LogP contribution in [0.25, 0.3) is 0 Å². The van der Waals surface area contributed by atoms with E-state index in [2.05, 4.69) is 24.4 Å². The van der Waals surface area contributed by atoms with E-state index in [1.165, 1.54) is 18.4 Å². The van der Waals surface area contributed by atoms with Gasteiger partial charge in [-0.25, -0.2) is 0 Å². The topological polar surface area (TPSA) is 50.7 Å². The van der Waals surface area contributed by atoms with Gasteiger partial charge in [0.25, 0.3) is 0 Å². The molecule has 0 amide bonds. The van der Waals surface area contributed by atoms with Gasteiger partial charge in [0, 0.05) is 19.2 Å². The van der Waals surface area contributed by atoms with Crippen LogP contribution in [0, 0.1) is 5.41 Å². The Hall–Kier alpha value is -1.26. The molecule has 1 saturated carbocycles. The highest BCUT2D eigenvalue weighted by molar-refractivity contribution is 5.44. The molecule has 1 aromatic carbocycles. The lowest BCUT2D eigenvalue weighted by molar-refractivity contribution is 0.171. The van der Waals surface area contributed by atoms with Gasteiger partial charge in [-0.3, -0.25) is 0 Å². The van der Waals surface area contributed by atoms with Crippen LogP contribution in [0.2, 0.25) is 0 Å². The number of rotatable bonds is 6. The molecule has 1 fully saturated rings. The van der Waals surface area contributed by atoms with E-state index in [0.29, 0.717) is 25.2 Å². The van der Waals surface area contributed by atoms with Gasteiger partial charge < -0.3 is 19.9 Å². The van der Waals surface area contributed by atoms with Gasteiger partial charge in [-0.05, 0) is 49.3 Å². The molecule has 4 nitrogen and oxygen atoms in total. The third kappa shape index (κ3) is 2.91. The van der Waals surface area contributed by atoms with E-state index >= 15 is 0 Å². The molecule has 0 aromatic heterocycles. The Labute approximate surface area is 120 Å². The second kappa shape index (κ2) is 5.62. The van der Waals surface area contributed by atoms with Gasteiger partial charge in [0.15, 0.2) is 11.5 Å². The van der Waals surface area contributed by atoms with Crippen LogP contribution >= 0.6 is 0 Å². The molecule has 1 heterocycles. The Bertz CT molecular complexity index is 471. The number of benzene rings is 1. The van der Waals surface area contributed by atoms with E-state index in [9.17, 15) is 0 Å². The molecule has 0 bridgehead atoms. The molecule has 1 atom stereocenters. The molecule has 1 aliphatic heterocycles. The lowest BCUT2D eigenvalue weighted by Crippen LogP contribution is -2.27. The summed E-state index contributed by atoms with van der Waals surface area (Å²) < 4.78 is 11.2. The van der Waals surface area contributed by atoms with Gasteiger partial charge in [-0.1, -0.05) is 6.07 Å². The smallest absolute Gasteiger partial charge is 0.161 e. The van der Waals surface area contributed by atoms with Crippen LogP contribution in [0.4, 0.5) is 0 Å². The van der Waals surface area contributed by atoms with Gasteiger partial charge in [-0.2, -0.15) is 0 Å². The van der Waals surface area contributed by atoms with Gasteiger partial charge in [0.05, 0.1) is 0 Å². The highest BCUT2D eigenvalue weighted by atomic mass is 16.6. The van der Waals surface area contributed by atoms with Crippen molar-refractivity contribution in [3.63, 3.8) is 0 Å². The molecule has 4 heteroatoms. The third-order valence-electron chi connectivity index (χ3n) is 4.45. The van der Waals surface area contributed by atoms with E-state index in [0.717, 1.165) is 24.5 Å². The first kappa shape index (κ1) is 13.7. The summed E-state index contributed by atoms with van der Waals surface area (Å²) in [4.78, 5) is 0. The van der Waals surface area contributed by atoms with Crippen molar-refractivity contribution < 1.29 is 14.6 Å². The highest BCUT2D eigenvalue weighted by Crippen LogP contribution is 2.48. The fourth-order valence-electron chi connectivity index (χ4n) is 2.75. The van der Waals surface area contributed by atoms with Crippen LogP contribution in [-0.2, 0) is 0 Å². The zero-order valence-corrected chi connectivity index (χ0v) is 12.0. The Morgan fingerprint density at radius 3 is 2.70 bits per heavy atom. The summed E-state index contributed by atoms with van der Waals surface area (Å²) in [5, 5.41) is 12.7. The molecule has 0 saturated heterocycles. The summed E-state index contributed by atoms with van der Waals surface area (Å²) in [5.41, 5.74) is 1.56. The number of aliphatic hydroxyl groups is 1. The summed E-state index contributed by atoms with van der Waals surface area (Å²) in [6.07, 6.45) is 3.37. The van der Waals surface area contributed by atoms with Crippen LogP contribution in [0.5, 0.6) is 11.5 Å². The summed E-state index contributed by atoms with van der Waals surface area (Å²) in [7, 11) is 0. The van der Waals surface area contributed by atoms with Crippen molar-refractivity contribution in [3.05, 3.63) is 23.8 Å². The van der Waals surface area contributed by atoms with Crippen molar-refractivity contribution in [2.75, 3.05) is 26.4 Å². The predicted molar refractivity (Wildman–Crippen MR) is 77.2 cm³/mol. The highest BCUT2D eigenvalue weighted by Gasteiger charge is 2.41. The van der Waals surface area contributed by atoms with E-state index < -0.39 is 0 Å². The van der Waals surface area contributed by atoms with E-state index in [4.69, 9.17) is 14.6 Å². The number of hydrogen-bond donors (Lipinski definition) is 2. The van der Waals surface area contributed by atoms with Crippen LogP contribution < -0.4 is 14.8 Å². The number of aliphatic hydroxyl groups excluding tert-OH is 1. The quantitative estimate of drug-likeness (QED) is 0.837. The maximum atomic E-state index is 9.10. The van der Waals surface area contributed by atoms with Crippen molar-refractivity contribution in [3.8, 4) is 11.5 Å². The minimum atomic E-state index is 0.280. The van der Waals surface area contributed by atoms with Crippen LogP contribution in [0.15, 0.2) is 18.2 Å². The largest absolute Gasteiger partial charge is 0.486 e. The van der Waals surface area contributed by atoms with Gasteiger partial charge >= 0.3 is 0 Å². The number of hydrogen-bond acceptors (Lipinski definition) is 4. The fraction of sp³-hybridized carbons (Fsp3) is 0.625. The third-order valence-corrected chi connectivity index (χ3v) is 4.45. The van der Waals surface area contributed by atoms with Gasteiger partial charge in [0.2, 0.25) is 0 Å². The number of ether oxygens (including phenoxy) is 2. The second-order valence-electron chi connectivity index (χ2n) is 5.98. The zero-order valence-electron chi connectivity index (χ0n) is 12.0. The van der Waals surface area contributed by atoms with E-state index in [1.54, 1.807) is 0 Å². The normalized spacial score (nSPS) is 20.5. The molecule has 1 aliphatic carbocycles. The van der Waals surface area contributed by atoms with Crippen LogP contribution in [0.1, 0.15) is 37.8 Å². The molecule has 1 aromatic rings. The van der Waals surface area contributed by atoms with E-state index in [1.807, 2.05) is 6.07 Å². The lowest BCUT2D eigenvalue weighted by atomic mass is 10.0. The molecular weight excluding hydrogens is 254 g/mol. The fourth-order valence-corrected chi connectivity index (χ4v) is 2.75. The first-order valence-electron chi connectivity index (χ1n) is 7.46. The molecule has 110 valence electrons. The van der Waals surface area contributed by atoms with Gasteiger partial charge in [-0.15, -0.1) is 0 Å². The van der Waals surface area contributed by atoms with Crippen LogP contribution in [-0.4, -0.2) is 31.5 Å². The van der Waals surface area contributed by atoms with Gasteiger partial charge in [0.1, 0.15) is 13.2 Å². The Morgan fingerprint density at radius 1 is 1.25 bits per heavy atom. The maximum Gasteiger partial charge on any atom is 0.161 e. The summed E-state index contributed by atoms with van der Waals surface area (Å²) in [6, 6.07) is 6.43. The van der Waals surface area contributed by atoms with Crippen molar-refractivity contribution in [2.24, 2.45) is 5.41 Å². The first-order chi connectivity index (χ1) is 9.72.